The van der Waals surface area contributed by atoms with Gasteiger partial charge in [-0.1, -0.05) is 52.4 Å². The summed E-state index contributed by atoms with van der Waals surface area (Å²) in [6, 6.07) is 0. The van der Waals surface area contributed by atoms with Crippen molar-refractivity contribution in [3.8, 4) is 0 Å². The fourth-order valence-corrected chi connectivity index (χ4v) is 8.92. The van der Waals surface area contributed by atoms with E-state index in [2.05, 4.69) is 20.8 Å². The third kappa shape index (κ3) is 34.4. The van der Waals surface area contributed by atoms with Crippen LogP contribution in [0.1, 0.15) is 226 Å². The van der Waals surface area contributed by atoms with Crippen LogP contribution in [-0.2, 0) is 22.9 Å². The second kappa shape index (κ2) is 36.1. The smallest absolute Gasteiger partial charge is 0.0654 e. The molecule has 0 bridgehead atoms. The molecule has 0 radical (unpaired) electrons. The maximum atomic E-state index is 12.6. The Morgan fingerprint density at radius 2 is 0.489 bits per heavy atom. The van der Waals surface area contributed by atoms with Crippen molar-refractivity contribution in [2.75, 3.05) is 0 Å². The molecule has 0 atom stereocenters. The molecule has 0 heterocycles. The fourth-order valence-electron chi connectivity index (χ4n) is 5.66. The van der Waals surface area contributed by atoms with Gasteiger partial charge in [0.05, 0.1) is 0 Å². The molecular formula is C38H73InO6. The monoisotopic (exact) mass is 740 g/mol. The van der Waals surface area contributed by atoms with Crippen LogP contribution in [0.5, 0.6) is 0 Å². The van der Waals surface area contributed by atoms with Gasteiger partial charge in [-0.2, -0.15) is 0 Å². The second-order valence-electron chi connectivity index (χ2n) is 13.2. The van der Waals surface area contributed by atoms with E-state index in [-0.39, 0.29) is 19.3 Å². The molecule has 0 aromatic rings. The molecule has 0 fully saturated rings. The van der Waals surface area contributed by atoms with Gasteiger partial charge < -0.3 is 0 Å². The van der Waals surface area contributed by atoms with Gasteiger partial charge >= 0.3 is 237 Å². The Kier molecular flexibility index (Phi) is 35.5. The minimum atomic E-state index is -4.03. The minimum absolute atomic E-state index is 0.281. The number of carbonyl (C=O) groups is 3. The first-order valence-electron chi connectivity index (χ1n) is 19.6. The van der Waals surface area contributed by atoms with Crippen LogP contribution in [-0.4, -0.2) is 40.7 Å². The van der Waals surface area contributed by atoms with Crippen LogP contribution in [0.4, 0.5) is 0 Å². The van der Waals surface area contributed by atoms with Crippen molar-refractivity contribution < 1.29 is 22.9 Å². The molecule has 7 heteroatoms. The third-order valence-corrected chi connectivity index (χ3v) is 12.5. The zero-order chi connectivity index (χ0) is 33.1. The van der Waals surface area contributed by atoms with Crippen molar-refractivity contribution in [2.24, 2.45) is 0 Å². The van der Waals surface area contributed by atoms with Crippen molar-refractivity contribution in [1.29, 1.82) is 0 Å². The molecule has 0 unspecified atom stereocenters. The summed E-state index contributed by atoms with van der Waals surface area (Å²) in [4.78, 5) is 37.5. The van der Waals surface area contributed by atoms with Gasteiger partial charge in [-0.15, -0.1) is 0 Å². The van der Waals surface area contributed by atoms with Crippen molar-refractivity contribution in [2.45, 2.75) is 226 Å². The molecule has 0 spiro atoms. The van der Waals surface area contributed by atoms with Crippen molar-refractivity contribution in [3.05, 3.63) is 0 Å². The summed E-state index contributed by atoms with van der Waals surface area (Å²) in [5.74, 6) is -1.18. The Morgan fingerprint density at radius 3 is 0.689 bits per heavy atom. The van der Waals surface area contributed by atoms with Crippen molar-refractivity contribution >= 4 is 40.7 Å². The molecule has 0 aliphatic rings. The first-order chi connectivity index (χ1) is 22.0. The van der Waals surface area contributed by atoms with E-state index in [1.165, 1.54) is 116 Å². The van der Waals surface area contributed by atoms with E-state index in [4.69, 9.17) is 8.56 Å². The molecule has 0 saturated carbocycles. The quantitative estimate of drug-likeness (QED) is 0.0602. The molecule has 0 aliphatic heterocycles. The van der Waals surface area contributed by atoms with E-state index in [9.17, 15) is 14.4 Å². The minimum Gasteiger partial charge on any atom is -0.0654 e. The average Bonchev–Trinajstić information content (AvgIpc) is 3.02. The predicted molar refractivity (Wildman–Crippen MR) is 189 cm³/mol. The van der Waals surface area contributed by atoms with Gasteiger partial charge in [0.15, 0.2) is 0 Å². The van der Waals surface area contributed by atoms with Gasteiger partial charge in [-0.3, -0.25) is 0 Å². The normalized spacial score (nSPS) is 11.0. The Bertz CT molecular complexity index is 671. The summed E-state index contributed by atoms with van der Waals surface area (Å²) in [5.41, 5.74) is 0. The van der Waals surface area contributed by atoms with E-state index in [0.717, 1.165) is 70.6 Å². The van der Waals surface area contributed by atoms with Gasteiger partial charge in [0.2, 0.25) is 0 Å². The fraction of sp³-hybridized carbons (Fsp3) is 0.921. The van der Waals surface area contributed by atoms with Crippen LogP contribution in [0.15, 0.2) is 0 Å². The molecular weight excluding hydrogens is 667 g/mol. The van der Waals surface area contributed by atoms with Gasteiger partial charge in [0.25, 0.3) is 0 Å². The topological polar surface area (TPSA) is 78.9 Å². The summed E-state index contributed by atoms with van der Waals surface area (Å²) in [7, 11) is 0. The van der Waals surface area contributed by atoms with Crippen LogP contribution in [0, 0.1) is 0 Å². The summed E-state index contributed by atoms with van der Waals surface area (Å²) in [5, 5.41) is 0. The Balaban J connectivity index is 4.23. The Labute approximate surface area is 288 Å². The Hall–Kier alpha value is -0.720. The summed E-state index contributed by atoms with van der Waals surface area (Å²) < 4.78 is 16.6. The van der Waals surface area contributed by atoms with E-state index in [0.29, 0.717) is 0 Å². The van der Waals surface area contributed by atoms with Gasteiger partial charge in [-0.25, -0.2) is 0 Å². The van der Waals surface area contributed by atoms with Crippen LogP contribution in [0.2, 0.25) is 0 Å². The van der Waals surface area contributed by atoms with Crippen LogP contribution in [0.25, 0.3) is 0 Å². The average molecular weight is 741 g/mol. The third-order valence-electron chi connectivity index (χ3n) is 8.64. The number of hydrogen-bond donors (Lipinski definition) is 0. The van der Waals surface area contributed by atoms with E-state index in [1.54, 1.807) is 0 Å². The predicted octanol–water partition coefficient (Wildman–Crippen LogP) is 12.1. The standard InChI is InChI=1S/C16H32O2.C14H28O2.C8H16O2.In/c1-2-3-4-5-6-7-8-9-10-11-12-13-14-15-16(17)18;1-2-3-4-5-6-7-8-9-10-11-12-13-14(15)16;1-2-3-4-5-6-7-8(9)10;/h2-15H2,1H3,(H,17,18);2-13H2,1H3,(H,15,16);2-7H2,1H3,(H,9,10);/q;;;+3/p-3. The number of rotatable bonds is 35. The van der Waals surface area contributed by atoms with Crippen LogP contribution >= 0.6 is 0 Å². The van der Waals surface area contributed by atoms with E-state index >= 15 is 0 Å². The molecule has 0 aromatic carbocycles. The first kappa shape index (κ1) is 44.3. The number of hydrogen-bond acceptors (Lipinski definition) is 6. The molecule has 0 amide bonds. The number of carbonyl (C=O) groups excluding carboxylic acids is 3. The van der Waals surface area contributed by atoms with Crippen molar-refractivity contribution in [3.63, 3.8) is 0 Å². The molecule has 0 saturated heterocycles. The molecule has 6 nitrogen and oxygen atoms in total. The van der Waals surface area contributed by atoms with Gasteiger partial charge in [-0.05, 0) is 0 Å². The Morgan fingerprint density at radius 1 is 0.311 bits per heavy atom. The van der Waals surface area contributed by atoms with E-state index < -0.39 is 40.7 Å². The summed E-state index contributed by atoms with van der Waals surface area (Å²) in [6.07, 6.45) is 35.4. The van der Waals surface area contributed by atoms with Crippen LogP contribution in [0.3, 0.4) is 0 Å². The zero-order valence-corrected chi connectivity index (χ0v) is 33.4. The van der Waals surface area contributed by atoms with Crippen molar-refractivity contribution in [1.82, 2.24) is 0 Å². The first-order valence-corrected chi connectivity index (χ1v) is 23.7. The zero-order valence-electron chi connectivity index (χ0n) is 30.2. The van der Waals surface area contributed by atoms with Gasteiger partial charge in [0.1, 0.15) is 0 Å². The maximum absolute atomic E-state index is 12.6. The van der Waals surface area contributed by atoms with Crippen LogP contribution < -0.4 is 0 Å². The molecule has 0 aliphatic carbocycles. The molecule has 0 aromatic heterocycles. The van der Waals surface area contributed by atoms with E-state index in [1.807, 2.05) is 0 Å². The molecule has 0 rings (SSSR count). The second-order valence-corrected chi connectivity index (χ2v) is 16.9. The van der Waals surface area contributed by atoms with Gasteiger partial charge in [0, 0.05) is 0 Å². The molecule has 0 N–H and O–H groups in total. The number of unbranched alkanes of at least 4 members (excludes halogenated alkanes) is 26. The molecule has 264 valence electrons. The summed E-state index contributed by atoms with van der Waals surface area (Å²) in [6.45, 7) is 6.66. The molecule has 45 heavy (non-hydrogen) atoms. The summed E-state index contributed by atoms with van der Waals surface area (Å²) >= 11 is -4.03. The SMILES string of the molecule is CCCCCCCCCCCCCCCC(=O)[O][In]([O]C(=O)CCCCCCC)[O]C(=O)CCCCCCCCCCCCC.